The van der Waals surface area contributed by atoms with Crippen molar-refractivity contribution < 1.29 is 15.0 Å². The molecule has 2 atom stereocenters. The number of hydrogen-bond donors (Lipinski definition) is 3. The zero-order valence-electron chi connectivity index (χ0n) is 37.7. The van der Waals surface area contributed by atoms with E-state index < -0.39 is 12.1 Å². The Morgan fingerprint density at radius 3 is 1.07 bits per heavy atom. The first-order valence-corrected chi connectivity index (χ1v) is 25.4. The second kappa shape index (κ2) is 47.5. The molecule has 0 aliphatic carbocycles. The number of aliphatic hydroxyl groups excluding tert-OH is 2. The van der Waals surface area contributed by atoms with Gasteiger partial charge in [0.2, 0.25) is 5.91 Å². The summed E-state index contributed by atoms with van der Waals surface area (Å²) in [6.45, 7) is 4.31. The van der Waals surface area contributed by atoms with E-state index in [1.165, 1.54) is 231 Å². The van der Waals surface area contributed by atoms with E-state index in [9.17, 15) is 15.0 Å². The molecular formula is C51H101NO3. The Bertz CT molecular complexity index is 754. The van der Waals surface area contributed by atoms with E-state index in [2.05, 4.69) is 31.3 Å². The number of nitrogens with one attached hydrogen (secondary N) is 1. The molecule has 4 heteroatoms. The average Bonchev–Trinajstić information content (AvgIpc) is 3.19. The van der Waals surface area contributed by atoms with Crippen LogP contribution in [0.5, 0.6) is 0 Å². The summed E-state index contributed by atoms with van der Waals surface area (Å²) in [6, 6.07) is -0.536. The number of aliphatic hydroxyl groups is 2. The van der Waals surface area contributed by atoms with Gasteiger partial charge in [0.25, 0.3) is 0 Å². The maximum Gasteiger partial charge on any atom is 0.220 e. The van der Waals surface area contributed by atoms with E-state index in [1.807, 2.05) is 0 Å². The van der Waals surface area contributed by atoms with Gasteiger partial charge in [0.05, 0.1) is 18.8 Å². The van der Waals surface area contributed by atoms with Crippen molar-refractivity contribution >= 4 is 5.91 Å². The third-order valence-electron chi connectivity index (χ3n) is 12.0. The molecule has 0 aliphatic heterocycles. The molecule has 0 saturated heterocycles. The number of carbonyl (C=O) groups is 1. The van der Waals surface area contributed by atoms with Crippen LogP contribution in [0.25, 0.3) is 0 Å². The highest BCUT2D eigenvalue weighted by Gasteiger charge is 2.20. The molecule has 0 saturated carbocycles. The molecule has 0 radical (unpaired) electrons. The van der Waals surface area contributed by atoms with Gasteiger partial charge in [-0.05, 0) is 32.1 Å². The van der Waals surface area contributed by atoms with Crippen molar-refractivity contribution in [2.45, 2.75) is 302 Å². The normalized spacial score (nSPS) is 12.9. The maximum atomic E-state index is 12.3. The molecule has 0 aliphatic rings. The van der Waals surface area contributed by atoms with Crippen LogP contribution in [0, 0.1) is 0 Å². The first-order chi connectivity index (χ1) is 27.2. The zero-order chi connectivity index (χ0) is 40.0. The van der Waals surface area contributed by atoms with Crippen LogP contribution < -0.4 is 5.32 Å². The number of rotatable bonds is 47. The van der Waals surface area contributed by atoms with Crippen LogP contribution in [0.3, 0.4) is 0 Å². The Kier molecular flexibility index (Phi) is 46.8. The fourth-order valence-corrected chi connectivity index (χ4v) is 8.13. The number of amides is 1. The van der Waals surface area contributed by atoms with E-state index in [0.717, 1.165) is 32.1 Å². The summed E-state index contributed by atoms with van der Waals surface area (Å²) in [5.74, 6) is -0.0400. The average molecular weight is 776 g/mol. The Hall–Kier alpha value is -0.870. The molecule has 4 nitrogen and oxygen atoms in total. The Balaban J connectivity index is 3.34. The monoisotopic (exact) mass is 776 g/mol. The third-order valence-corrected chi connectivity index (χ3v) is 12.0. The number of hydrogen-bond acceptors (Lipinski definition) is 3. The maximum absolute atomic E-state index is 12.3. The van der Waals surface area contributed by atoms with Gasteiger partial charge < -0.3 is 15.5 Å². The van der Waals surface area contributed by atoms with Crippen LogP contribution in [0.4, 0.5) is 0 Å². The van der Waals surface area contributed by atoms with Crippen LogP contribution in [-0.4, -0.2) is 34.9 Å². The van der Waals surface area contributed by atoms with Crippen LogP contribution in [-0.2, 0) is 4.79 Å². The SMILES string of the molecule is CCC/C=C\CCCCCCCC(=O)NC(CO)C(O)CCCCCCCCCCCCCCCCCCCCCCCCCCCCCCCCCCC. The molecule has 0 aromatic carbocycles. The minimum Gasteiger partial charge on any atom is -0.394 e. The van der Waals surface area contributed by atoms with Crippen LogP contribution in [0.1, 0.15) is 290 Å². The smallest absolute Gasteiger partial charge is 0.220 e. The summed E-state index contributed by atoms with van der Waals surface area (Å²) in [7, 11) is 0. The van der Waals surface area contributed by atoms with Crippen LogP contribution >= 0.6 is 0 Å². The zero-order valence-corrected chi connectivity index (χ0v) is 37.7. The highest BCUT2D eigenvalue weighted by Crippen LogP contribution is 2.18. The van der Waals surface area contributed by atoms with Gasteiger partial charge in [0, 0.05) is 6.42 Å². The van der Waals surface area contributed by atoms with Crippen molar-refractivity contribution in [3.05, 3.63) is 12.2 Å². The summed E-state index contributed by atoms with van der Waals surface area (Å²) < 4.78 is 0. The lowest BCUT2D eigenvalue weighted by Gasteiger charge is -2.22. The molecule has 0 bridgehead atoms. The first-order valence-electron chi connectivity index (χ1n) is 25.4. The van der Waals surface area contributed by atoms with Crippen molar-refractivity contribution in [2.24, 2.45) is 0 Å². The summed E-state index contributed by atoms with van der Waals surface area (Å²) in [5.41, 5.74) is 0. The number of carbonyl (C=O) groups excluding carboxylic acids is 1. The molecule has 2 unspecified atom stereocenters. The molecule has 328 valence electrons. The lowest BCUT2D eigenvalue weighted by Crippen LogP contribution is -2.45. The Morgan fingerprint density at radius 2 is 0.727 bits per heavy atom. The van der Waals surface area contributed by atoms with Crippen molar-refractivity contribution in [1.82, 2.24) is 5.32 Å². The molecule has 0 spiro atoms. The van der Waals surface area contributed by atoms with Crippen molar-refractivity contribution in [1.29, 1.82) is 0 Å². The fourth-order valence-electron chi connectivity index (χ4n) is 8.13. The largest absolute Gasteiger partial charge is 0.394 e. The second-order valence-corrected chi connectivity index (χ2v) is 17.6. The number of allylic oxidation sites excluding steroid dienone is 2. The Labute approximate surface area is 346 Å². The van der Waals surface area contributed by atoms with Crippen molar-refractivity contribution in [3.8, 4) is 0 Å². The molecule has 0 rings (SSSR count). The van der Waals surface area contributed by atoms with Crippen molar-refractivity contribution in [2.75, 3.05) is 6.61 Å². The Morgan fingerprint density at radius 1 is 0.418 bits per heavy atom. The topological polar surface area (TPSA) is 69.6 Å². The van der Waals surface area contributed by atoms with E-state index in [-0.39, 0.29) is 12.5 Å². The van der Waals surface area contributed by atoms with E-state index >= 15 is 0 Å². The van der Waals surface area contributed by atoms with Gasteiger partial charge >= 0.3 is 0 Å². The summed E-state index contributed by atoms with van der Waals surface area (Å²) in [4.78, 5) is 12.3. The summed E-state index contributed by atoms with van der Waals surface area (Å²) in [6.07, 6.45) is 60.6. The predicted molar refractivity (Wildman–Crippen MR) is 244 cm³/mol. The summed E-state index contributed by atoms with van der Waals surface area (Å²) in [5, 5.41) is 23.1. The van der Waals surface area contributed by atoms with Gasteiger partial charge in [-0.1, -0.05) is 264 Å². The minimum atomic E-state index is -0.659. The molecule has 55 heavy (non-hydrogen) atoms. The van der Waals surface area contributed by atoms with Gasteiger partial charge in [-0.3, -0.25) is 4.79 Å². The quantitative estimate of drug-likeness (QED) is 0.0426. The van der Waals surface area contributed by atoms with Crippen molar-refractivity contribution in [3.63, 3.8) is 0 Å². The van der Waals surface area contributed by atoms with Gasteiger partial charge in [0.1, 0.15) is 0 Å². The molecule has 0 aromatic rings. The van der Waals surface area contributed by atoms with Crippen LogP contribution in [0.2, 0.25) is 0 Å². The summed E-state index contributed by atoms with van der Waals surface area (Å²) >= 11 is 0. The van der Waals surface area contributed by atoms with Gasteiger partial charge in [-0.2, -0.15) is 0 Å². The highest BCUT2D eigenvalue weighted by molar-refractivity contribution is 5.76. The van der Waals surface area contributed by atoms with Gasteiger partial charge in [0.15, 0.2) is 0 Å². The van der Waals surface area contributed by atoms with Gasteiger partial charge in [-0.25, -0.2) is 0 Å². The standard InChI is InChI=1S/C51H101NO3/c1-3-5-7-9-11-13-15-16-17-18-19-20-21-22-23-24-25-26-27-28-29-30-31-32-33-34-35-36-37-38-40-42-44-46-50(54)49(48-53)52-51(55)47-45-43-41-39-14-12-10-8-6-4-2/h8,10,49-50,53-54H,3-7,9,11-48H2,1-2H3,(H,52,55)/b10-8-. The lowest BCUT2D eigenvalue weighted by molar-refractivity contribution is -0.123. The molecule has 1 amide bonds. The fraction of sp³-hybridized carbons (Fsp3) is 0.941. The molecular weight excluding hydrogens is 675 g/mol. The molecule has 0 aromatic heterocycles. The van der Waals surface area contributed by atoms with E-state index in [1.54, 1.807) is 0 Å². The van der Waals surface area contributed by atoms with Gasteiger partial charge in [-0.15, -0.1) is 0 Å². The van der Waals surface area contributed by atoms with E-state index in [0.29, 0.717) is 12.8 Å². The predicted octanol–water partition coefficient (Wildman–Crippen LogP) is 16.2. The minimum absolute atomic E-state index is 0.0400. The molecule has 0 heterocycles. The van der Waals surface area contributed by atoms with Crippen LogP contribution in [0.15, 0.2) is 12.2 Å². The lowest BCUT2D eigenvalue weighted by atomic mass is 10.0. The second-order valence-electron chi connectivity index (χ2n) is 17.6. The first kappa shape index (κ1) is 54.1. The highest BCUT2D eigenvalue weighted by atomic mass is 16.3. The van der Waals surface area contributed by atoms with E-state index in [4.69, 9.17) is 0 Å². The third kappa shape index (κ3) is 44.1. The molecule has 0 fully saturated rings. The number of unbranched alkanes of at least 4 members (excludes halogenated alkanes) is 38. The molecule has 3 N–H and O–H groups in total.